The van der Waals surface area contributed by atoms with E-state index in [1.165, 1.54) is 0 Å². The van der Waals surface area contributed by atoms with E-state index in [1.807, 2.05) is 0 Å². The van der Waals surface area contributed by atoms with Crippen LogP contribution < -0.4 is 5.32 Å². The van der Waals surface area contributed by atoms with Crippen LogP contribution in [0.2, 0.25) is 0 Å². The Morgan fingerprint density at radius 2 is 2.14 bits per heavy atom. The second-order valence-electron chi connectivity index (χ2n) is 3.27. The standard InChI is InChI=1S/C10H22N2OS/c1-5-9(3)12(6-2)10(14)11-7-8-13-4/h9H,5-8H2,1-4H3,(H,11,14). The van der Waals surface area contributed by atoms with Gasteiger partial charge in [0, 0.05) is 26.2 Å². The first-order chi connectivity index (χ1) is 6.67. The lowest BCUT2D eigenvalue weighted by atomic mass is 10.2. The number of thiocarbonyl (C=S) groups is 1. The average molecular weight is 218 g/mol. The monoisotopic (exact) mass is 218 g/mol. The molecule has 0 aliphatic heterocycles. The SMILES string of the molecule is CCC(C)N(CC)C(=S)NCCOC. The maximum atomic E-state index is 5.29. The van der Waals surface area contributed by atoms with Gasteiger partial charge in [-0.2, -0.15) is 0 Å². The molecule has 1 atom stereocenters. The lowest BCUT2D eigenvalue weighted by Crippen LogP contribution is -2.45. The topological polar surface area (TPSA) is 24.5 Å². The van der Waals surface area contributed by atoms with Crippen LogP contribution in [0.4, 0.5) is 0 Å². The molecule has 0 saturated carbocycles. The van der Waals surface area contributed by atoms with Gasteiger partial charge in [-0.15, -0.1) is 0 Å². The zero-order chi connectivity index (χ0) is 11.0. The molecule has 0 aromatic heterocycles. The van der Waals surface area contributed by atoms with Gasteiger partial charge in [0.15, 0.2) is 5.11 Å². The van der Waals surface area contributed by atoms with E-state index in [2.05, 4.69) is 31.0 Å². The predicted octanol–water partition coefficient (Wildman–Crippen LogP) is 1.63. The van der Waals surface area contributed by atoms with Crippen molar-refractivity contribution in [3.8, 4) is 0 Å². The van der Waals surface area contributed by atoms with Gasteiger partial charge in [-0.3, -0.25) is 0 Å². The van der Waals surface area contributed by atoms with Gasteiger partial charge in [0.1, 0.15) is 0 Å². The van der Waals surface area contributed by atoms with Gasteiger partial charge in [0.25, 0.3) is 0 Å². The highest BCUT2D eigenvalue weighted by molar-refractivity contribution is 7.80. The minimum absolute atomic E-state index is 0.502. The van der Waals surface area contributed by atoms with E-state index in [0.29, 0.717) is 12.6 Å². The quantitative estimate of drug-likeness (QED) is 0.541. The molecule has 0 radical (unpaired) electrons. The molecule has 3 nitrogen and oxygen atoms in total. The third-order valence-corrected chi connectivity index (χ3v) is 2.69. The third kappa shape index (κ3) is 4.77. The molecule has 84 valence electrons. The summed E-state index contributed by atoms with van der Waals surface area (Å²) in [5.41, 5.74) is 0. The molecular weight excluding hydrogens is 196 g/mol. The summed E-state index contributed by atoms with van der Waals surface area (Å²) in [7, 11) is 1.69. The molecule has 0 aromatic rings. The Morgan fingerprint density at radius 1 is 1.50 bits per heavy atom. The highest BCUT2D eigenvalue weighted by Crippen LogP contribution is 2.03. The molecule has 0 saturated heterocycles. The maximum absolute atomic E-state index is 5.29. The van der Waals surface area contributed by atoms with Gasteiger partial charge in [-0.05, 0) is 32.5 Å². The van der Waals surface area contributed by atoms with Gasteiger partial charge < -0.3 is 15.0 Å². The van der Waals surface area contributed by atoms with Crippen molar-refractivity contribution < 1.29 is 4.74 Å². The number of ether oxygens (including phenoxy) is 1. The average Bonchev–Trinajstić information content (AvgIpc) is 2.19. The molecule has 0 heterocycles. The molecule has 0 aliphatic carbocycles. The number of nitrogens with one attached hydrogen (secondary N) is 1. The zero-order valence-corrected chi connectivity index (χ0v) is 10.5. The number of hydrogen-bond donors (Lipinski definition) is 1. The molecule has 4 heteroatoms. The number of methoxy groups -OCH3 is 1. The molecule has 0 bridgehead atoms. The largest absolute Gasteiger partial charge is 0.383 e. The van der Waals surface area contributed by atoms with Crippen LogP contribution in [0.1, 0.15) is 27.2 Å². The van der Waals surface area contributed by atoms with Gasteiger partial charge in [-0.25, -0.2) is 0 Å². The lowest BCUT2D eigenvalue weighted by Gasteiger charge is -2.30. The molecule has 0 spiro atoms. The Bertz CT molecular complexity index is 164. The molecule has 1 unspecified atom stereocenters. The number of nitrogens with zero attached hydrogens (tertiary/aromatic N) is 1. The predicted molar refractivity (Wildman–Crippen MR) is 64.6 cm³/mol. The first kappa shape index (κ1) is 13.7. The van der Waals surface area contributed by atoms with Crippen molar-refractivity contribution in [1.82, 2.24) is 10.2 Å². The van der Waals surface area contributed by atoms with Crippen molar-refractivity contribution in [2.24, 2.45) is 0 Å². The molecule has 0 amide bonds. The van der Waals surface area contributed by atoms with E-state index < -0.39 is 0 Å². The van der Waals surface area contributed by atoms with E-state index in [4.69, 9.17) is 17.0 Å². The van der Waals surface area contributed by atoms with Crippen LogP contribution in [0.25, 0.3) is 0 Å². The molecule has 0 fully saturated rings. The highest BCUT2D eigenvalue weighted by atomic mass is 32.1. The fourth-order valence-electron chi connectivity index (χ4n) is 1.24. The Balaban J connectivity index is 3.91. The maximum Gasteiger partial charge on any atom is 0.169 e. The Morgan fingerprint density at radius 3 is 2.57 bits per heavy atom. The summed E-state index contributed by atoms with van der Waals surface area (Å²) in [4.78, 5) is 2.20. The Labute approximate surface area is 92.8 Å². The molecule has 0 rings (SSSR count). The van der Waals surface area contributed by atoms with Crippen molar-refractivity contribution >= 4 is 17.3 Å². The summed E-state index contributed by atoms with van der Waals surface area (Å²) >= 11 is 5.29. The van der Waals surface area contributed by atoms with Gasteiger partial charge in [0.05, 0.1) is 6.61 Å². The summed E-state index contributed by atoms with van der Waals surface area (Å²) in [6, 6.07) is 0.502. The Hall–Kier alpha value is -0.350. The molecule has 0 aliphatic rings. The van der Waals surface area contributed by atoms with E-state index in [1.54, 1.807) is 7.11 Å². The van der Waals surface area contributed by atoms with Crippen molar-refractivity contribution in [3.05, 3.63) is 0 Å². The summed E-state index contributed by atoms with van der Waals surface area (Å²) in [6.45, 7) is 8.91. The van der Waals surface area contributed by atoms with Crippen molar-refractivity contribution in [2.45, 2.75) is 33.2 Å². The fourth-order valence-corrected chi connectivity index (χ4v) is 1.65. The summed E-state index contributed by atoms with van der Waals surface area (Å²) in [6.07, 6.45) is 1.11. The van der Waals surface area contributed by atoms with Gasteiger partial charge >= 0.3 is 0 Å². The van der Waals surface area contributed by atoms with Crippen molar-refractivity contribution in [1.29, 1.82) is 0 Å². The molecule has 1 N–H and O–H groups in total. The first-order valence-electron chi connectivity index (χ1n) is 5.20. The van der Waals surface area contributed by atoms with Crippen LogP contribution in [-0.4, -0.2) is 42.9 Å². The number of hydrogen-bond acceptors (Lipinski definition) is 2. The smallest absolute Gasteiger partial charge is 0.169 e. The summed E-state index contributed by atoms with van der Waals surface area (Å²) in [5.74, 6) is 0. The number of rotatable bonds is 6. The molecular formula is C10H22N2OS. The normalized spacial score (nSPS) is 12.3. The third-order valence-electron chi connectivity index (χ3n) is 2.31. The minimum atomic E-state index is 0.502. The van der Waals surface area contributed by atoms with E-state index in [-0.39, 0.29) is 0 Å². The highest BCUT2D eigenvalue weighted by Gasteiger charge is 2.12. The van der Waals surface area contributed by atoms with Crippen LogP contribution in [0, 0.1) is 0 Å². The minimum Gasteiger partial charge on any atom is -0.383 e. The molecule has 0 aromatic carbocycles. The van der Waals surface area contributed by atoms with Crippen LogP contribution in [-0.2, 0) is 4.74 Å². The second kappa shape index (κ2) is 8.00. The first-order valence-corrected chi connectivity index (χ1v) is 5.61. The van der Waals surface area contributed by atoms with Crippen LogP contribution in [0.15, 0.2) is 0 Å². The second-order valence-corrected chi connectivity index (χ2v) is 3.65. The van der Waals surface area contributed by atoms with Crippen molar-refractivity contribution in [3.63, 3.8) is 0 Å². The van der Waals surface area contributed by atoms with Crippen molar-refractivity contribution in [2.75, 3.05) is 26.8 Å². The summed E-state index contributed by atoms with van der Waals surface area (Å²) in [5, 5.41) is 4.01. The fraction of sp³-hybridized carbons (Fsp3) is 0.900. The zero-order valence-electron chi connectivity index (χ0n) is 9.67. The van der Waals surface area contributed by atoms with Gasteiger partial charge in [0.2, 0.25) is 0 Å². The molecule has 14 heavy (non-hydrogen) atoms. The lowest BCUT2D eigenvalue weighted by molar-refractivity contribution is 0.202. The van der Waals surface area contributed by atoms with Crippen LogP contribution in [0.5, 0.6) is 0 Å². The van der Waals surface area contributed by atoms with Crippen LogP contribution in [0.3, 0.4) is 0 Å². The van der Waals surface area contributed by atoms with Crippen LogP contribution >= 0.6 is 12.2 Å². The van der Waals surface area contributed by atoms with E-state index in [0.717, 1.165) is 24.6 Å². The van der Waals surface area contributed by atoms with E-state index in [9.17, 15) is 0 Å². The van der Waals surface area contributed by atoms with Gasteiger partial charge in [-0.1, -0.05) is 6.92 Å². The summed E-state index contributed by atoms with van der Waals surface area (Å²) < 4.78 is 4.95. The Kier molecular flexibility index (Phi) is 7.80. The van der Waals surface area contributed by atoms with E-state index >= 15 is 0 Å².